The second kappa shape index (κ2) is 3.46. The van der Waals surface area contributed by atoms with E-state index >= 15 is 0 Å². The van der Waals surface area contributed by atoms with Gasteiger partial charge in [-0.15, -0.1) is 0 Å². The fourth-order valence-corrected chi connectivity index (χ4v) is 3.45. The molecule has 3 rings (SSSR count). The maximum atomic E-state index is 10.5. The van der Waals surface area contributed by atoms with E-state index in [0.29, 0.717) is 11.8 Å². The van der Waals surface area contributed by atoms with Gasteiger partial charge in [0.25, 0.3) is 0 Å². The van der Waals surface area contributed by atoms with Gasteiger partial charge >= 0.3 is 0 Å². The van der Waals surface area contributed by atoms with Gasteiger partial charge in [0.2, 0.25) is 6.08 Å². The van der Waals surface area contributed by atoms with Crippen LogP contribution in [0.2, 0.25) is 0 Å². The molecule has 0 bridgehead atoms. The third kappa shape index (κ3) is 1.32. The van der Waals surface area contributed by atoms with Gasteiger partial charge in [0.15, 0.2) is 0 Å². The molecule has 3 aliphatic rings. The van der Waals surface area contributed by atoms with Crippen LogP contribution in [-0.2, 0) is 4.79 Å². The molecule has 0 spiro atoms. The predicted molar refractivity (Wildman–Crippen MR) is 57.9 cm³/mol. The standard InChI is InChI=1S/C13H15NO/c15-8-14-13-11-5-1-3-9(11)7-10-4-2-6-12(10)13/h7,9,11H,1-6H2. The monoisotopic (exact) mass is 201 g/mol. The van der Waals surface area contributed by atoms with Gasteiger partial charge in [0, 0.05) is 5.92 Å². The highest BCUT2D eigenvalue weighted by atomic mass is 16.1. The van der Waals surface area contributed by atoms with Crippen molar-refractivity contribution in [3.63, 3.8) is 0 Å². The Morgan fingerprint density at radius 3 is 3.07 bits per heavy atom. The van der Waals surface area contributed by atoms with E-state index in [1.54, 1.807) is 6.08 Å². The Morgan fingerprint density at radius 2 is 2.20 bits per heavy atom. The summed E-state index contributed by atoms with van der Waals surface area (Å²) in [5, 5.41) is 0. The van der Waals surface area contributed by atoms with Crippen LogP contribution in [0.4, 0.5) is 0 Å². The lowest BCUT2D eigenvalue weighted by Gasteiger charge is -2.24. The third-order valence-electron chi connectivity index (χ3n) is 4.07. The molecule has 0 aliphatic heterocycles. The second-order valence-corrected chi connectivity index (χ2v) is 4.81. The Hall–Kier alpha value is -1.14. The van der Waals surface area contributed by atoms with Crippen molar-refractivity contribution in [3.05, 3.63) is 22.9 Å². The maximum Gasteiger partial charge on any atom is 0.240 e. The van der Waals surface area contributed by atoms with E-state index in [1.165, 1.54) is 43.3 Å². The van der Waals surface area contributed by atoms with Gasteiger partial charge < -0.3 is 0 Å². The molecule has 0 saturated heterocycles. The molecule has 2 unspecified atom stereocenters. The zero-order valence-corrected chi connectivity index (χ0v) is 8.83. The molecule has 2 atom stereocenters. The van der Waals surface area contributed by atoms with Crippen LogP contribution in [0.25, 0.3) is 0 Å². The third-order valence-corrected chi connectivity index (χ3v) is 4.07. The molecular formula is C13H15NO. The normalized spacial score (nSPS) is 33.2. The Bertz CT molecular complexity index is 399. The second-order valence-electron chi connectivity index (χ2n) is 4.81. The molecule has 15 heavy (non-hydrogen) atoms. The van der Waals surface area contributed by atoms with E-state index in [9.17, 15) is 4.79 Å². The molecule has 0 aromatic carbocycles. The van der Waals surface area contributed by atoms with Gasteiger partial charge in [-0.1, -0.05) is 12.5 Å². The number of isocyanates is 1. The summed E-state index contributed by atoms with van der Waals surface area (Å²) in [6, 6.07) is 0. The molecule has 78 valence electrons. The maximum absolute atomic E-state index is 10.5. The Labute approximate surface area is 89.8 Å². The number of hydrogen-bond donors (Lipinski definition) is 0. The Balaban J connectivity index is 2.10. The highest BCUT2D eigenvalue weighted by Crippen LogP contribution is 2.48. The van der Waals surface area contributed by atoms with Crippen molar-refractivity contribution < 1.29 is 4.79 Å². The van der Waals surface area contributed by atoms with Gasteiger partial charge in [-0.2, -0.15) is 4.99 Å². The number of nitrogens with zero attached hydrogens (tertiary/aromatic N) is 1. The molecule has 0 aromatic rings. The van der Waals surface area contributed by atoms with Crippen LogP contribution in [0.1, 0.15) is 38.5 Å². The summed E-state index contributed by atoms with van der Waals surface area (Å²) >= 11 is 0. The minimum Gasteiger partial charge on any atom is -0.211 e. The number of hydrogen-bond acceptors (Lipinski definition) is 2. The number of rotatable bonds is 1. The van der Waals surface area contributed by atoms with Crippen LogP contribution in [0.15, 0.2) is 27.9 Å². The average Bonchev–Trinajstić information content (AvgIpc) is 2.84. The zero-order chi connectivity index (χ0) is 10.3. The van der Waals surface area contributed by atoms with Crippen LogP contribution in [-0.4, -0.2) is 6.08 Å². The van der Waals surface area contributed by atoms with Crippen LogP contribution in [0.5, 0.6) is 0 Å². The van der Waals surface area contributed by atoms with Crippen LogP contribution < -0.4 is 0 Å². The molecule has 2 fully saturated rings. The van der Waals surface area contributed by atoms with Crippen molar-refractivity contribution in [1.82, 2.24) is 0 Å². The summed E-state index contributed by atoms with van der Waals surface area (Å²) in [6.07, 6.45) is 11.5. The lowest BCUT2D eigenvalue weighted by Crippen LogP contribution is -2.14. The average molecular weight is 201 g/mol. The zero-order valence-electron chi connectivity index (χ0n) is 8.83. The van der Waals surface area contributed by atoms with Gasteiger partial charge in [-0.25, -0.2) is 4.79 Å². The molecule has 0 radical (unpaired) electrons. The van der Waals surface area contributed by atoms with E-state index in [-0.39, 0.29) is 0 Å². The van der Waals surface area contributed by atoms with Gasteiger partial charge in [-0.05, 0) is 49.2 Å². The first-order valence-corrected chi connectivity index (χ1v) is 5.92. The van der Waals surface area contributed by atoms with Crippen LogP contribution in [0, 0.1) is 11.8 Å². The summed E-state index contributed by atoms with van der Waals surface area (Å²) in [6.45, 7) is 0. The molecule has 2 saturated carbocycles. The first-order chi connectivity index (χ1) is 7.40. The van der Waals surface area contributed by atoms with Crippen LogP contribution in [0.3, 0.4) is 0 Å². The summed E-state index contributed by atoms with van der Waals surface area (Å²) in [5.41, 5.74) is 3.94. The first kappa shape index (κ1) is 9.11. The summed E-state index contributed by atoms with van der Waals surface area (Å²) in [5.74, 6) is 1.19. The predicted octanol–water partition coefficient (Wildman–Crippen LogP) is 3.12. The van der Waals surface area contributed by atoms with Crippen molar-refractivity contribution >= 4 is 6.08 Å². The van der Waals surface area contributed by atoms with E-state index in [1.807, 2.05) is 0 Å². The highest BCUT2D eigenvalue weighted by molar-refractivity contribution is 5.48. The van der Waals surface area contributed by atoms with Gasteiger partial charge in [0.1, 0.15) is 0 Å². The first-order valence-electron chi connectivity index (χ1n) is 5.92. The molecule has 0 aromatic heterocycles. The summed E-state index contributed by atoms with van der Waals surface area (Å²) in [4.78, 5) is 14.5. The number of allylic oxidation sites excluding steroid dienone is 4. The number of aliphatic imine (C=N–C) groups is 1. The van der Waals surface area contributed by atoms with E-state index in [0.717, 1.165) is 12.1 Å². The van der Waals surface area contributed by atoms with E-state index < -0.39 is 0 Å². The molecule has 2 nitrogen and oxygen atoms in total. The van der Waals surface area contributed by atoms with Crippen molar-refractivity contribution in [1.29, 1.82) is 0 Å². The minimum absolute atomic E-state index is 0.531. The lowest BCUT2D eigenvalue weighted by molar-refractivity contribution is 0.505. The van der Waals surface area contributed by atoms with Gasteiger partial charge in [-0.3, -0.25) is 0 Å². The lowest BCUT2D eigenvalue weighted by atomic mass is 9.82. The smallest absolute Gasteiger partial charge is 0.211 e. The van der Waals surface area contributed by atoms with Gasteiger partial charge in [0.05, 0.1) is 5.70 Å². The fourth-order valence-electron chi connectivity index (χ4n) is 3.45. The Morgan fingerprint density at radius 1 is 1.27 bits per heavy atom. The Kier molecular flexibility index (Phi) is 2.10. The van der Waals surface area contributed by atoms with E-state index in [2.05, 4.69) is 11.1 Å². The van der Waals surface area contributed by atoms with Crippen molar-refractivity contribution in [2.45, 2.75) is 38.5 Å². The molecular weight excluding hydrogens is 186 g/mol. The molecule has 0 heterocycles. The SMILES string of the molecule is O=C=NC1=C2CCCC2=CC2CCCC12. The van der Waals surface area contributed by atoms with Crippen LogP contribution >= 0.6 is 0 Å². The van der Waals surface area contributed by atoms with E-state index in [4.69, 9.17) is 0 Å². The summed E-state index contributed by atoms with van der Waals surface area (Å²) in [7, 11) is 0. The van der Waals surface area contributed by atoms with Crippen molar-refractivity contribution in [2.75, 3.05) is 0 Å². The summed E-state index contributed by atoms with van der Waals surface area (Å²) < 4.78 is 0. The molecule has 0 amide bonds. The minimum atomic E-state index is 0.531. The number of carbonyl (C=O) groups excluding carboxylic acids is 1. The highest BCUT2D eigenvalue weighted by Gasteiger charge is 2.36. The largest absolute Gasteiger partial charge is 0.240 e. The topological polar surface area (TPSA) is 29.4 Å². The fraction of sp³-hybridized carbons (Fsp3) is 0.615. The molecule has 2 heteroatoms. The molecule has 0 N–H and O–H groups in total. The quantitative estimate of drug-likeness (QED) is 0.473. The van der Waals surface area contributed by atoms with Crippen molar-refractivity contribution in [2.24, 2.45) is 16.8 Å². The molecule has 3 aliphatic carbocycles. The number of fused-ring (bicyclic) bond motifs is 2. The van der Waals surface area contributed by atoms with Crippen molar-refractivity contribution in [3.8, 4) is 0 Å².